The SMILES string of the molecule is CCC1(OC(C)=O)CCC2C3CC(OC(C)=O)C4CC(OC(C)=O)CCC4(C)C3CCC21C. The number of ether oxygens (including phenoxy) is 3. The Labute approximate surface area is 198 Å². The molecule has 0 aromatic rings. The summed E-state index contributed by atoms with van der Waals surface area (Å²) in [5.74, 6) is 1.01. The Bertz CT molecular complexity index is 808. The summed E-state index contributed by atoms with van der Waals surface area (Å²) in [6, 6.07) is 0. The van der Waals surface area contributed by atoms with Crippen molar-refractivity contribution in [2.24, 2.45) is 34.5 Å². The summed E-state index contributed by atoms with van der Waals surface area (Å²) in [4.78, 5) is 35.8. The van der Waals surface area contributed by atoms with E-state index in [1.54, 1.807) is 0 Å². The first-order valence-electron chi connectivity index (χ1n) is 13.0. The van der Waals surface area contributed by atoms with Crippen molar-refractivity contribution in [2.75, 3.05) is 0 Å². The van der Waals surface area contributed by atoms with Gasteiger partial charge in [0.2, 0.25) is 0 Å². The maximum atomic E-state index is 12.1. The van der Waals surface area contributed by atoms with E-state index in [2.05, 4.69) is 20.8 Å². The maximum absolute atomic E-state index is 12.1. The highest BCUT2D eigenvalue weighted by atomic mass is 16.6. The highest BCUT2D eigenvalue weighted by molar-refractivity contribution is 5.67. The number of rotatable bonds is 4. The fourth-order valence-electron chi connectivity index (χ4n) is 9.11. The van der Waals surface area contributed by atoms with Crippen LogP contribution in [0.1, 0.15) is 99.3 Å². The molecule has 6 nitrogen and oxygen atoms in total. The average Bonchev–Trinajstić information content (AvgIpc) is 3.00. The summed E-state index contributed by atoms with van der Waals surface area (Å²) >= 11 is 0. The molecule has 4 fully saturated rings. The van der Waals surface area contributed by atoms with Gasteiger partial charge >= 0.3 is 17.9 Å². The fraction of sp³-hybridized carbons (Fsp3) is 0.889. The van der Waals surface area contributed by atoms with Gasteiger partial charge in [-0.3, -0.25) is 14.4 Å². The number of hydrogen-bond donors (Lipinski definition) is 0. The number of esters is 3. The van der Waals surface area contributed by atoms with Crippen molar-refractivity contribution in [1.29, 1.82) is 0 Å². The standard InChI is InChI=1S/C27H42O6/c1-7-27(33-18(4)30)13-10-22-20-15-24(32-17(3)29)23-14-19(31-16(2)28)8-11-25(23,5)21(20)9-12-26(22,27)6/h19-24H,7-15H2,1-6H3. The first-order valence-corrected chi connectivity index (χ1v) is 13.0. The van der Waals surface area contributed by atoms with E-state index in [0.29, 0.717) is 17.8 Å². The summed E-state index contributed by atoms with van der Waals surface area (Å²) in [6.07, 6.45) is 8.23. The zero-order valence-electron chi connectivity index (χ0n) is 21.3. The van der Waals surface area contributed by atoms with E-state index in [0.717, 1.165) is 57.8 Å². The first kappa shape index (κ1) is 24.5. The molecule has 9 atom stereocenters. The van der Waals surface area contributed by atoms with E-state index in [1.807, 2.05) is 0 Å². The predicted molar refractivity (Wildman–Crippen MR) is 123 cm³/mol. The van der Waals surface area contributed by atoms with Crippen molar-refractivity contribution in [2.45, 2.75) is 117 Å². The van der Waals surface area contributed by atoms with Crippen LogP contribution in [-0.4, -0.2) is 35.7 Å². The van der Waals surface area contributed by atoms with Crippen LogP contribution in [0.2, 0.25) is 0 Å². The second kappa shape index (κ2) is 8.57. The Kier molecular flexibility index (Phi) is 6.37. The maximum Gasteiger partial charge on any atom is 0.303 e. The van der Waals surface area contributed by atoms with Crippen molar-refractivity contribution in [3.63, 3.8) is 0 Å². The normalized spacial score (nSPS) is 46.4. The smallest absolute Gasteiger partial charge is 0.303 e. The Morgan fingerprint density at radius 3 is 2.06 bits per heavy atom. The minimum absolute atomic E-state index is 0.0481. The lowest BCUT2D eigenvalue weighted by Gasteiger charge is -2.63. The second-order valence-corrected chi connectivity index (χ2v) is 11.8. The number of hydrogen-bond acceptors (Lipinski definition) is 6. The molecular weight excluding hydrogens is 420 g/mol. The highest BCUT2D eigenvalue weighted by Gasteiger charge is 2.67. The predicted octanol–water partition coefficient (Wildman–Crippen LogP) is 5.21. The van der Waals surface area contributed by atoms with Gasteiger partial charge < -0.3 is 14.2 Å². The molecule has 9 unspecified atom stereocenters. The molecule has 6 heteroatoms. The Balaban J connectivity index is 1.66. The molecule has 4 aliphatic rings. The average molecular weight is 463 g/mol. The van der Waals surface area contributed by atoms with Gasteiger partial charge in [0.15, 0.2) is 0 Å². The number of carbonyl (C=O) groups excluding carboxylic acids is 3. The zero-order chi connectivity index (χ0) is 24.2. The first-order chi connectivity index (χ1) is 15.5. The van der Waals surface area contributed by atoms with Crippen molar-refractivity contribution in [1.82, 2.24) is 0 Å². The third-order valence-corrected chi connectivity index (χ3v) is 10.5. The van der Waals surface area contributed by atoms with Crippen molar-refractivity contribution in [3.05, 3.63) is 0 Å². The molecule has 0 radical (unpaired) electrons. The van der Waals surface area contributed by atoms with Gasteiger partial charge in [-0.1, -0.05) is 20.8 Å². The topological polar surface area (TPSA) is 78.9 Å². The molecular formula is C27H42O6. The van der Waals surface area contributed by atoms with Crippen LogP contribution in [0.25, 0.3) is 0 Å². The molecule has 0 amide bonds. The highest BCUT2D eigenvalue weighted by Crippen LogP contribution is 2.69. The van der Waals surface area contributed by atoms with Gasteiger partial charge in [0.05, 0.1) is 0 Å². The molecule has 0 aromatic heterocycles. The van der Waals surface area contributed by atoms with E-state index in [4.69, 9.17) is 14.2 Å². The summed E-state index contributed by atoms with van der Waals surface area (Å²) in [5, 5.41) is 0. The summed E-state index contributed by atoms with van der Waals surface area (Å²) < 4.78 is 17.7. The van der Waals surface area contributed by atoms with Crippen LogP contribution < -0.4 is 0 Å². The van der Waals surface area contributed by atoms with Gasteiger partial charge in [-0.25, -0.2) is 0 Å². The molecule has 0 N–H and O–H groups in total. The van der Waals surface area contributed by atoms with Crippen molar-refractivity contribution < 1.29 is 28.6 Å². The molecule has 4 aliphatic carbocycles. The van der Waals surface area contributed by atoms with Gasteiger partial charge in [0, 0.05) is 32.1 Å². The van der Waals surface area contributed by atoms with E-state index < -0.39 is 5.60 Å². The van der Waals surface area contributed by atoms with Crippen LogP contribution in [0.5, 0.6) is 0 Å². The molecule has 4 saturated carbocycles. The lowest BCUT2D eigenvalue weighted by molar-refractivity contribution is -0.211. The largest absolute Gasteiger partial charge is 0.463 e. The molecule has 0 bridgehead atoms. The van der Waals surface area contributed by atoms with E-state index in [1.165, 1.54) is 20.8 Å². The molecule has 0 heterocycles. The monoisotopic (exact) mass is 462 g/mol. The minimum atomic E-state index is -0.393. The van der Waals surface area contributed by atoms with Crippen LogP contribution in [0.3, 0.4) is 0 Å². The number of fused-ring (bicyclic) bond motifs is 5. The summed E-state index contributed by atoms with van der Waals surface area (Å²) in [5.41, 5.74) is -0.385. The molecule has 0 saturated heterocycles. The second-order valence-electron chi connectivity index (χ2n) is 11.8. The van der Waals surface area contributed by atoms with Crippen LogP contribution in [-0.2, 0) is 28.6 Å². The third kappa shape index (κ3) is 3.89. The van der Waals surface area contributed by atoms with E-state index >= 15 is 0 Å². The van der Waals surface area contributed by atoms with E-state index in [9.17, 15) is 14.4 Å². The molecule has 186 valence electrons. The molecule has 0 aromatic carbocycles. The lowest BCUT2D eigenvalue weighted by Crippen LogP contribution is -2.61. The zero-order valence-corrected chi connectivity index (χ0v) is 21.3. The van der Waals surface area contributed by atoms with Gasteiger partial charge in [-0.15, -0.1) is 0 Å². The van der Waals surface area contributed by atoms with Gasteiger partial charge in [-0.2, -0.15) is 0 Å². The van der Waals surface area contributed by atoms with Gasteiger partial charge in [0.1, 0.15) is 17.8 Å². The molecule has 0 aliphatic heterocycles. The summed E-state index contributed by atoms with van der Waals surface area (Å²) in [6.45, 7) is 11.4. The van der Waals surface area contributed by atoms with Crippen molar-refractivity contribution >= 4 is 17.9 Å². The van der Waals surface area contributed by atoms with Gasteiger partial charge in [0.25, 0.3) is 0 Å². The molecule has 4 rings (SSSR count). The Morgan fingerprint density at radius 2 is 1.45 bits per heavy atom. The van der Waals surface area contributed by atoms with E-state index in [-0.39, 0.29) is 46.9 Å². The third-order valence-electron chi connectivity index (χ3n) is 10.5. The van der Waals surface area contributed by atoms with Gasteiger partial charge in [-0.05, 0) is 81.0 Å². The quantitative estimate of drug-likeness (QED) is 0.421. The fourth-order valence-corrected chi connectivity index (χ4v) is 9.11. The Morgan fingerprint density at radius 1 is 0.788 bits per heavy atom. The molecule has 0 spiro atoms. The lowest BCUT2D eigenvalue weighted by atomic mass is 9.43. The minimum Gasteiger partial charge on any atom is -0.463 e. The molecule has 33 heavy (non-hydrogen) atoms. The number of carbonyl (C=O) groups is 3. The van der Waals surface area contributed by atoms with Crippen LogP contribution in [0.15, 0.2) is 0 Å². The van der Waals surface area contributed by atoms with Crippen LogP contribution in [0.4, 0.5) is 0 Å². The van der Waals surface area contributed by atoms with Crippen LogP contribution >= 0.6 is 0 Å². The van der Waals surface area contributed by atoms with Crippen molar-refractivity contribution in [3.8, 4) is 0 Å². The summed E-state index contributed by atoms with van der Waals surface area (Å²) in [7, 11) is 0. The van der Waals surface area contributed by atoms with Crippen LogP contribution in [0, 0.1) is 34.5 Å². The Hall–Kier alpha value is -1.59.